The number of rotatable bonds is 3. The minimum absolute atomic E-state index is 0.296. The van der Waals surface area contributed by atoms with Crippen molar-refractivity contribution in [2.45, 2.75) is 19.4 Å². The molecule has 0 saturated heterocycles. The molecule has 1 unspecified atom stereocenters. The molecule has 2 heterocycles. The molecule has 174 valence electrons. The Morgan fingerprint density at radius 1 is 1.00 bits per heavy atom. The van der Waals surface area contributed by atoms with E-state index in [2.05, 4.69) is 22.8 Å². The second kappa shape index (κ2) is 9.23. The summed E-state index contributed by atoms with van der Waals surface area (Å²) in [5.41, 5.74) is 5.54. The first-order valence-electron chi connectivity index (χ1n) is 10.9. The number of hydrogen-bond donors (Lipinski definition) is 2. The van der Waals surface area contributed by atoms with Crippen molar-refractivity contribution in [3.63, 3.8) is 0 Å². The molecule has 4 nitrogen and oxygen atoms in total. The normalized spacial score (nSPS) is 17.8. The lowest BCUT2D eigenvalue weighted by atomic mass is 9.87. The number of hydrogen-bond acceptors (Lipinski definition) is 2. The third kappa shape index (κ3) is 4.07. The largest absolute Gasteiger partial charge is 0.331 e. The van der Waals surface area contributed by atoms with Crippen LogP contribution in [0.5, 0.6) is 0 Å². The summed E-state index contributed by atoms with van der Waals surface area (Å²) in [5, 5.41) is 7.34. The van der Waals surface area contributed by atoms with Crippen LogP contribution in [0.25, 0.3) is 16.7 Å². The maximum absolute atomic E-state index is 13.9. The molecule has 2 amide bonds. The van der Waals surface area contributed by atoms with E-state index in [1.165, 1.54) is 17.0 Å². The van der Waals surface area contributed by atoms with Crippen LogP contribution in [0.4, 0.5) is 20.6 Å². The van der Waals surface area contributed by atoms with Crippen molar-refractivity contribution in [3.05, 3.63) is 86.6 Å². The fourth-order valence-electron chi connectivity index (χ4n) is 4.63. The first kappa shape index (κ1) is 23.2. The molecule has 8 heteroatoms. The van der Waals surface area contributed by atoms with Gasteiger partial charge in [-0.1, -0.05) is 46.9 Å². The van der Waals surface area contributed by atoms with Gasteiger partial charge in [-0.05, 0) is 79.1 Å². The monoisotopic (exact) mass is 515 g/mol. The fraction of sp³-hybridized carbons (Fsp3) is 0.192. The number of carbonyl (C=O) groups excluding carboxylic acids is 1. The van der Waals surface area contributed by atoms with Crippen LogP contribution in [0, 0.1) is 5.82 Å². The minimum atomic E-state index is -0.411. The van der Waals surface area contributed by atoms with Gasteiger partial charge < -0.3 is 10.6 Å². The van der Waals surface area contributed by atoms with E-state index >= 15 is 0 Å². The van der Waals surface area contributed by atoms with Gasteiger partial charge in [0.25, 0.3) is 0 Å². The average Bonchev–Trinajstić information content (AvgIpc) is 2.80. The third-order valence-corrected chi connectivity index (χ3v) is 7.12. The maximum Gasteiger partial charge on any atom is 0.327 e. The summed E-state index contributed by atoms with van der Waals surface area (Å²) in [5.74, 6) is -0.411. The zero-order chi connectivity index (χ0) is 24.0. The number of para-hydroxylation sites is 1. The van der Waals surface area contributed by atoms with Gasteiger partial charge in [-0.25, -0.2) is 9.18 Å². The fourth-order valence-corrected chi connectivity index (χ4v) is 5.47. The van der Waals surface area contributed by atoms with Crippen LogP contribution >= 0.6 is 34.8 Å². The summed E-state index contributed by atoms with van der Waals surface area (Å²) in [7, 11) is 0. The molecule has 3 aromatic rings. The Morgan fingerprint density at radius 3 is 2.44 bits per heavy atom. The molecule has 0 aliphatic carbocycles. The number of halogens is 4. The van der Waals surface area contributed by atoms with Gasteiger partial charge in [0.15, 0.2) is 0 Å². The van der Waals surface area contributed by atoms with Gasteiger partial charge in [0.2, 0.25) is 0 Å². The Balaban J connectivity index is 1.83. The van der Waals surface area contributed by atoms with Crippen LogP contribution < -0.4 is 15.5 Å². The SMILES string of the molecule is CC1NC(=O)N(c2c(Cl)cccc2Cl)c2cc(C3=CCNCC3)cc(-c3ccc(F)cc3Cl)c21. The molecule has 0 radical (unpaired) electrons. The van der Waals surface area contributed by atoms with E-state index in [0.717, 1.165) is 41.8 Å². The number of amides is 2. The number of fused-ring (bicyclic) bond motifs is 1. The van der Waals surface area contributed by atoms with Gasteiger partial charge in [0.05, 0.1) is 32.5 Å². The molecule has 34 heavy (non-hydrogen) atoms. The quantitative estimate of drug-likeness (QED) is 0.374. The first-order chi connectivity index (χ1) is 16.3. The van der Waals surface area contributed by atoms with Crippen LogP contribution in [-0.4, -0.2) is 19.1 Å². The van der Waals surface area contributed by atoms with Crippen molar-refractivity contribution in [1.29, 1.82) is 0 Å². The lowest BCUT2D eigenvalue weighted by Crippen LogP contribution is -2.43. The Kier molecular flexibility index (Phi) is 6.30. The van der Waals surface area contributed by atoms with Gasteiger partial charge in [0, 0.05) is 17.7 Å². The van der Waals surface area contributed by atoms with Crippen molar-refractivity contribution in [3.8, 4) is 11.1 Å². The van der Waals surface area contributed by atoms with Gasteiger partial charge in [0.1, 0.15) is 5.82 Å². The van der Waals surface area contributed by atoms with Crippen LogP contribution in [-0.2, 0) is 0 Å². The van der Waals surface area contributed by atoms with Crippen molar-refractivity contribution in [1.82, 2.24) is 10.6 Å². The summed E-state index contributed by atoms with van der Waals surface area (Å²) in [6, 6.07) is 12.9. The molecule has 0 aromatic heterocycles. The minimum Gasteiger partial charge on any atom is -0.331 e. The second-order valence-electron chi connectivity index (χ2n) is 8.34. The lowest BCUT2D eigenvalue weighted by Gasteiger charge is -2.36. The highest BCUT2D eigenvalue weighted by molar-refractivity contribution is 6.40. The summed E-state index contributed by atoms with van der Waals surface area (Å²) in [6.45, 7) is 3.52. The smallest absolute Gasteiger partial charge is 0.327 e. The molecule has 5 rings (SSSR count). The summed E-state index contributed by atoms with van der Waals surface area (Å²) in [4.78, 5) is 14.8. The van der Waals surface area contributed by atoms with E-state index in [1.807, 2.05) is 13.0 Å². The van der Waals surface area contributed by atoms with E-state index in [1.54, 1.807) is 24.3 Å². The molecule has 2 aliphatic heterocycles. The zero-order valence-electron chi connectivity index (χ0n) is 18.3. The summed E-state index contributed by atoms with van der Waals surface area (Å²) in [6.07, 6.45) is 2.98. The number of benzene rings is 3. The van der Waals surface area contributed by atoms with E-state index in [9.17, 15) is 9.18 Å². The van der Waals surface area contributed by atoms with Crippen molar-refractivity contribution < 1.29 is 9.18 Å². The predicted molar refractivity (Wildman–Crippen MR) is 138 cm³/mol. The zero-order valence-corrected chi connectivity index (χ0v) is 20.5. The number of anilines is 2. The Labute approximate surface area is 212 Å². The molecule has 2 N–H and O–H groups in total. The second-order valence-corrected chi connectivity index (χ2v) is 9.56. The van der Waals surface area contributed by atoms with Crippen LogP contribution in [0.2, 0.25) is 15.1 Å². The molecule has 0 saturated carbocycles. The molecule has 3 aromatic carbocycles. The van der Waals surface area contributed by atoms with Crippen molar-refractivity contribution in [2.24, 2.45) is 0 Å². The average molecular weight is 517 g/mol. The number of urea groups is 1. The van der Waals surface area contributed by atoms with Crippen LogP contribution in [0.1, 0.15) is 30.5 Å². The first-order valence-corrected chi connectivity index (χ1v) is 12.1. The van der Waals surface area contributed by atoms with Crippen LogP contribution in [0.3, 0.4) is 0 Å². The van der Waals surface area contributed by atoms with Crippen LogP contribution in [0.15, 0.2) is 54.6 Å². The number of nitrogens with one attached hydrogen (secondary N) is 2. The van der Waals surface area contributed by atoms with Gasteiger partial charge in [-0.15, -0.1) is 0 Å². The number of nitrogens with zero attached hydrogens (tertiary/aromatic N) is 1. The Bertz CT molecular complexity index is 1320. The molecule has 2 aliphatic rings. The van der Waals surface area contributed by atoms with Crippen molar-refractivity contribution >= 4 is 57.8 Å². The Morgan fingerprint density at radius 2 is 1.76 bits per heavy atom. The topological polar surface area (TPSA) is 44.4 Å². The van der Waals surface area contributed by atoms with E-state index in [-0.39, 0.29) is 12.1 Å². The van der Waals surface area contributed by atoms with Gasteiger partial charge in [-0.2, -0.15) is 0 Å². The molecule has 1 atom stereocenters. The Hall–Kier alpha value is -2.57. The molecule has 0 fully saturated rings. The molecular formula is C26H21Cl3FN3O. The molecule has 0 spiro atoms. The number of carbonyl (C=O) groups is 1. The predicted octanol–water partition coefficient (Wildman–Crippen LogP) is 7.75. The van der Waals surface area contributed by atoms with Gasteiger partial charge in [-0.3, -0.25) is 4.90 Å². The summed E-state index contributed by atoms with van der Waals surface area (Å²) >= 11 is 19.6. The van der Waals surface area contributed by atoms with E-state index in [0.29, 0.717) is 32.0 Å². The highest BCUT2D eigenvalue weighted by atomic mass is 35.5. The molecule has 0 bridgehead atoms. The van der Waals surface area contributed by atoms with E-state index in [4.69, 9.17) is 34.8 Å². The lowest BCUT2D eigenvalue weighted by molar-refractivity contribution is 0.244. The summed E-state index contributed by atoms with van der Waals surface area (Å²) < 4.78 is 13.9. The van der Waals surface area contributed by atoms with Crippen molar-refractivity contribution in [2.75, 3.05) is 18.0 Å². The van der Waals surface area contributed by atoms with Gasteiger partial charge >= 0.3 is 6.03 Å². The highest BCUT2D eigenvalue weighted by Gasteiger charge is 2.35. The van der Waals surface area contributed by atoms with E-state index < -0.39 is 5.82 Å². The standard InChI is InChI=1S/C26H21Cl3FN3O/c1-14-24-19(18-6-5-17(30)13-22(18)29)11-16(15-7-9-31-10-8-15)12-23(24)33(26(34)32-14)25-20(27)3-2-4-21(25)28/h2-7,11-14,31H,8-10H2,1H3,(H,32,34). The maximum atomic E-state index is 13.9. The molecular weight excluding hydrogens is 496 g/mol. The third-order valence-electron chi connectivity index (χ3n) is 6.19. The highest BCUT2D eigenvalue weighted by Crippen LogP contribution is 2.48.